The second kappa shape index (κ2) is 8.64. The zero-order valence-corrected chi connectivity index (χ0v) is 14.6. The summed E-state index contributed by atoms with van der Waals surface area (Å²) in [5.41, 5.74) is 0. The summed E-state index contributed by atoms with van der Waals surface area (Å²) in [5.74, 6) is 0. The Morgan fingerprint density at radius 2 is 2.11 bits per heavy atom. The summed E-state index contributed by atoms with van der Waals surface area (Å²) in [6.45, 7) is 0. The predicted molar refractivity (Wildman–Crippen MR) is 49.9 cm³/mol. The Labute approximate surface area is 100 Å². The van der Waals surface area contributed by atoms with Crippen LogP contribution in [0.4, 0.5) is 0 Å². The summed E-state index contributed by atoms with van der Waals surface area (Å²) >= 11 is 6.55. The normalized spacial score (nSPS) is 14.6. The van der Waals surface area contributed by atoms with Crippen molar-refractivity contribution in [3.05, 3.63) is 21.6 Å². The van der Waals surface area contributed by atoms with Crippen molar-refractivity contribution < 1.29 is 37.6 Å². The molecule has 0 amide bonds. The molecule has 0 spiro atoms. The summed E-state index contributed by atoms with van der Waals surface area (Å²) in [6.07, 6.45) is 7.75. The van der Waals surface area contributed by atoms with Crippen LogP contribution in [0.25, 0.3) is 0 Å². The molecule has 0 aromatic carbocycles. The van der Waals surface area contributed by atoms with Crippen molar-refractivity contribution in [1.29, 1.82) is 0 Å². The van der Waals surface area contributed by atoms with E-state index >= 15 is 0 Å². The monoisotopic (exact) mass is 626 g/mol. The van der Waals surface area contributed by atoms with Crippen molar-refractivity contribution in [1.82, 2.24) is 0 Å². The quantitative estimate of drug-likeness (QED) is 0.266. The topological polar surface area (TPSA) is 0 Å². The maximum absolute atomic E-state index is 2.39. The molecule has 0 aliphatic heterocycles. The predicted octanol–water partition coefficient (Wildman–Crippen LogP) is 0.152. The first-order valence-corrected chi connectivity index (χ1v) is 16.6. The van der Waals surface area contributed by atoms with Crippen LogP contribution in [0.3, 0.4) is 0 Å². The molecule has 0 aromatic rings. The van der Waals surface area contributed by atoms with E-state index in [-0.39, 0.29) is 0 Å². The number of hydrogen-bond acceptors (Lipinski definition) is 0. The molecule has 1 rings (SSSR count). The van der Waals surface area contributed by atoms with Gasteiger partial charge in [0.1, 0.15) is 0 Å². The zero-order chi connectivity index (χ0) is 7.11. The fourth-order valence-corrected chi connectivity index (χ4v) is 1.22. The van der Waals surface area contributed by atoms with Crippen LogP contribution in [-0.2, 0) is 24.4 Å². The van der Waals surface area contributed by atoms with Crippen molar-refractivity contribution in [3.63, 3.8) is 0 Å². The first kappa shape index (κ1) is 11.5. The molecule has 0 unspecified atom stereocenters. The molecular weight excluding hydrogens is 619 g/mol. The van der Waals surface area contributed by atoms with Crippen molar-refractivity contribution in [2.45, 2.75) is 6.42 Å². The molecule has 0 heterocycles. The molecule has 0 radical (unpaired) electrons. The van der Waals surface area contributed by atoms with Crippen molar-refractivity contribution in [2.75, 3.05) is 0 Å². The van der Waals surface area contributed by atoms with Gasteiger partial charge in [-0.05, 0) is 0 Å². The summed E-state index contributed by atoms with van der Waals surface area (Å²) in [4.78, 5) is 0. The van der Waals surface area contributed by atoms with Crippen LogP contribution < -0.4 is 13.3 Å². The van der Waals surface area contributed by atoms with E-state index in [1.807, 2.05) is 0 Å². The first-order valence-electron chi connectivity index (χ1n) is 2.25. The number of rotatable bonds is 0. The fourth-order valence-electron chi connectivity index (χ4n) is 0.447. The molecule has 51 valence electrons. The van der Waals surface area contributed by atoms with Crippen LogP contribution in [0, 0.1) is 0 Å². The van der Waals surface area contributed by atoms with Gasteiger partial charge >= 0.3 is 103 Å². The second-order valence-corrected chi connectivity index (χ2v) is 19.9. The van der Waals surface area contributed by atoms with E-state index in [9.17, 15) is 0 Å². The maximum atomic E-state index is 2.39. The fraction of sp³-hybridized carbons (Fsp3) is 0.200. The Morgan fingerprint density at radius 3 is 2.22 bits per heavy atom. The second-order valence-electron chi connectivity index (χ2n) is 1.38. The minimum atomic E-state index is 0.530. The standard InChI is InChI=1S/C5H5.Hf.I3/c1-2-4-5-3-1;;1-3-2/h1-3H,4H2;;/q;;-1. The van der Waals surface area contributed by atoms with E-state index in [1.54, 1.807) is 3.33 Å². The average Bonchev–Trinajstić information content (AvgIpc) is 2.20. The van der Waals surface area contributed by atoms with E-state index in [0.717, 1.165) is 0 Å². The van der Waals surface area contributed by atoms with Crippen LogP contribution in [0.5, 0.6) is 0 Å². The third kappa shape index (κ3) is 8.45. The molecule has 0 atom stereocenters. The molecular formula is C5H5HfI3-. The Balaban J connectivity index is 0.000000187. The summed E-state index contributed by atoms with van der Waals surface area (Å²) in [7, 11) is 0. The van der Waals surface area contributed by atoms with Gasteiger partial charge in [-0.1, -0.05) is 0 Å². The van der Waals surface area contributed by atoms with Gasteiger partial charge in [-0.25, -0.2) is 0 Å². The molecule has 0 nitrogen and oxygen atoms in total. The Bertz CT molecular complexity index is 119. The van der Waals surface area contributed by atoms with Crippen LogP contribution in [0.1, 0.15) is 6.42 Å². The summed E-state index contributed by atoms with van der Waals surface area (Å²) < 4.78 is 1.61. The first-order chi connectivity index (χ1) is 4.31. The van der Waals surface area contributed by atoms with Gasteiger partial charge in [0, 0.05) is 0 Å². The van der Waals surface area contributed by atoms with Crippen LogP contribution in [0.15, 0.2) is 21.6 Å². The molecule has 0 N–H and O–H groups in total. The van der Waals surface area contributed by atoms with Gasteiger partial charge in [0.05, 0.1) is 0 Å². The molecule has 9 heavy (non-hydrogen) atoms. The summed E-state index contributed by atoms with van der Waals surface area (Å²) in [6, 6.07) is 0. The molecule has 0 aromatic heterocycles. The van der Waals surface area contributed by atoms with Crippen LogP contribution in [0.2, 0.25) is 0 Å². The summed E-state index contributed by atoms with van der Waals surface area (Å²) in [5, 5.41) is 0. The van der Waals surface area contributed by atoms with Gasteiger partial charge < -0.3 is 0 Å². The van der Waals surface area contributed by atoms with E-state index in [0.29, 0.717) is 13.3 Å². The SMILES string of the molecule is I[I-]I.[Hf][C]1=CC=CC1. The van der Waals surface area contributed by atoms with E-state index < -0.39 is 0 Å². The number of allylic oxidation sites excluding steroid dienone is 4. The Hall–Kier alpha value is 2.54. The van der Waals surface area contributed by atoms with E-state index in [2.05, 4.69) is 55.5 Å². The molecule has 0 saturated carbocycles. The van der Waals surface area contributed by atoms with Gasteiger partial charge in [-0.2, -0.15) is 0 Å². The molecule has 0 bridgehead atoms. The Morgan fingerprint density at radius 1 is 1.56 bits per heavy atom. The van der Waals surface area contributed by atoms with Gasteiger partial charge in [0.2, 0.25) is 0 Å². The molecule has 4 heteroatoms. The molecule has 0 fully saturated rings. The van der Waals surface area contributed by atoms with E-state index in [4.69, 9.17) is 0 Å². The molecule has 1 aliphatic carbocycles. The van der Waals surface area contributed by atoms with Gasteiger partial charge in [0.15, 0.2) is 0 Å². The third-order valence-corrected chi connectivity index (χ3v) is 2.10. The van der Waals surface area contributed by atoms with Crippen LogP contribution >= 0.6 is 37.2 Å². The van der Waals surface area contributed by atoms with Crippen molar-refractivity contribution >= 4 is 37.2 Å². The van der Waals surface area contributed by atoms with Crippen LogP contribution in [-0.4, -0.2) is 0 Å². The van der Waals surface area contributed by atoms with Gasteiger partial charge in [-0.3, -0.25) is 0 Å². The average molecular weight is 624 g/mol. The van der Waals surface area contributed by atoms with Crippen molar-refractivity contribution in [3.8, 4) is 0 Å². The van der Waals surface area contributed by atoms with Gasteiger partial charge in [0.25, 0.3) is 0 Å². The minimum absolute atomic E-state index is 0.530. The zero-order valence-electron chi connectivity index (χ0n) is 4.57. The third-order valence-electron chi connectivity index (χ3n) is 0.771. The van der Waals surface area contributed by atoms with Crippen molar-refractivity contribution in [2.24, 2.45) is 0 Å². The molecule has 1 aliphatic rings. The molecule has 0 saturated heterocycles. The number of hydrogen-bond donors (Lipinski definition) is 0. The van der Waals surface area contributed by atoms with Gasteiger partial charge in [-0.15, -0.1) is 0 Å². The van der Waals surface area contributed by atoms with E-state index in [1.165, 1.54) is 30.8 Å². The Kier molecular flexibility index (Phi) is 11.1. The number of halogens is 3.